The van der Waals surface area contributed by atoms with Crippen molar-refractivity contribution in [3.8, 4) is 0 Å². The summed E-state index contributed by atoms with van der Waals surface area (Å²) in [7, 11) is 0. The van der Waals surface area contributed by atoms with Crippen LogP contribution in [-0.2, 0) is 0 Å². The Kier molecular flexibility index (Phi) is 4.35. The molecule has 18 heavy (non-hydrogen) atoms. The van der Waals surface area contributed by atoms with E-state index < -0.39 is 4.92 Å². The van der Waals surface area contributed by atoms with E-state index in [9.17, 15) is 10.1 Å². The average Bonchev–Trinajstić information content (AvgIpc) is 2.34. The largest absolute Gasteiger partial charge is 0.381 e. The molecule has 0 spiro atoms. The molecule has 1 aromatic rings. The molecule has 1 N–H and O–H groups in total. The number of nitrogens with one attached hydrogen (secondary N) is 1. The lowest BCUT2D eigenvalue weighted by molar-refractivity contribution is -0.384. The third-order valence-corrected chi connectivity index (χ3v) is 4.53. The van der Waals surface area contributed by atoms with Crippen LogP contribution in [0.5, 0.6) is 0 Å². The van der Waals surface area contributed by atoms with Crippen LogP contribution in [0.3, 0.4) is 0 Å². The van der Waals surface area contributed by atoms with Crippen molar-refractivity contribution in [3.63, 3.8) is 0 Å². The van der Waals surface area contributed by atoms with Gasteiger partial charge in [-0.3, -0.25) is 10.1 Å². The summed E-state index contributed by atoms with van der Waals surface area (Å²) in [4.78, 5) is 10.3. The molecule has 1 fully saturated rings. The number of anilines is 1. The molecule has 1 unspecified atom stereocenters. The highest BCUT2D eigenvalue weighted by Gasteiger charge is 2.18. The van der Waals surface area contributed by atoms with Gasteiger partial charge in [-0.05, 0) is 37.1 Å². The first-order valence-corrected chi connectivity index (χ1v) is 7.40. The van der Waals surface area contributed by atoms with Crippen molar-refractivity contribution in [2.24, 2.45) is 0 Å². The summed E-state index contributed by atoms with van der Waals surface area (Å²) in [5.41, 5.74) is 1.73. The van der Waals surface area contributed by atoms with Crippen molar-refractivity contribution in [2.45, 2.75) is 25.8 Å². The number of benzene rings is 1. The van der Waals surface area contributed by atoms with Gasteiger partial charge >= 0.3 is 0 Å². The maximum atomic E-state index is 10.8. The second kappa shape index (κ2) is 5.80. The van der Waals surface area contributed by atoms with Gasteiger partial charge in [-0.15, -0.1) is 0 Å². The molecule has 0 amide bonds. The quantitative estimate of drug-likeness (QED) is 0.677. The minimum Gasteiger partial charge on any atom is -0.381 e. The van der Waals surface area contributed by atoms with Crippen molar-refractivity contribution in [1.29, 1.82) is 0 Å². The molecule has 2 rings (SSSR count). The summed E-state index contributed by atoms with van der Waals surface area (Å²) < 4.78 is 0. The Morgan fingerprint density at radius 1 is 1.56 bits per heavy atom. The van der Waals surface area contributed by atoms with Crippen molar-refractivity contribution < 1.29 is 4.92 Å². The molecule has 0 aliphatic carbocycles. The number of aryl methyl sites for hydroxylation is 1. The first-order chi connectivity index (χ1) is 8.58. The molecule has 98 valence electrons. The van der Waals surface area contributed by atoms with Gasteiger partial charge in [0.15, 0.2) is 0 Å². The van der Waals surface area contributed by atoms with Crippen LogP contribution in [0.2, 0.25) is 5.02 Å². The molecule has 1 aliphatic heterocycles. The molecule has 1 saturated heterocycles. The zero-order valence-corrected chi connectivity index (χ0v) is 11.7. The molecular weight excluding hydrogens is 272 g/mol. The van der Waals surface area contributed by atoms with Crippen LogP contribution in [-0.4, -0.2) is 22.5 Å². The number of hydrogen-bond acceptors (Lipinski definition) is 4. The van der Waals surface area contributed by atoms with E-state index >= 15 is 0 Å². The Morgan fingerprint density at radius 3 is 2.94 bits per heavy atom. The van der Waals surface area contributed by atoms with Gasteiger partial charge in [-0.25, -0.2) is 0 Å². The van der Waals surface area contributed by atoms with Crippen LogP contribution in [0, 0.1) is 17.0 Å². The standard InChI is InChI=1S/C12H15ClN2O2S/c1-8-5-12(15(16)17)10(13)6-11(8)14-9-3-2-4-18-7-9/h5-6,9,14H,2-4,7H2,1H3. The maximum absolute atomic E-state index is 10.8. The summed E-state index contributed by atoms with van der Waals surface area (Å²) in [5, 5.41) is 14.4. The van der Waals surface area contributed by atoms with Gasteiger partial charge in [0.1, 0.15) is 5.02 Å². The molecule has 0 bridgehead atoms. The highest BCUT2D eigenvalue weighted by Crippen LogP contribution is 2.32. The van der Waals surface area contributed by atoms with E-state index in [2.05, 4.69) is 5.32 Å². The monoisotopic (exact) mass is 286 g/mol. The lowest BCUT2D eigenvalue weighted by atomic mass is 10.1. The van der Waals surface area contributed by atoms with Crippen molar-refractivity contribution >= 4 is 34.7 Å². The van der Waals surface area contributed by atoms with Crippen LogP contribution in [0.15, 0.2) is 12.1 Å². The van der Waals surface area contributed by atoms with E-state index in [0.717, 1.165) is 23.4 Å². The zero-order valence-electron chi connectivity index (χ0n) is 10.1. The Balaban J connectivity index is 2.18. The number of hydrogen-bond donors (Lipinski definition) is 1. The molecule has 0 radical (unpaired) electrons. The molecule has 0 saturated carbocycles. The zero-order chi connectivity index (χ0) is 13.1. The normalized spacial score (nSPS) is 19.6. The highest BCUT2D eigenvalue weighted by molar-refractivity contribution is 7.99. The summed E-state index contributed by atoms with van der Waals surface area (Å²) >= 11 is 7.86. The second-order valence-electron chi connectivity index (χ2n) is 4.43. The summed E-state index contributed by atoms with van der Waals surface area (Å²) in [6.45, 7) is 1.86. The topological polar surface area (TPSA) is 55.2 Å². The van der Waals surface area contributed by atoms with Crippen LogP contribution in [0.4, 0.5) is 11.4 Å². The Morgan fingerprint density at radius 2 is 2.33 bits per heavy atom. The van der Waals surface area contributed by atoms with Crippen LogP contribution in [0.25, 0.3) is 0 Å². The van der Waals surface area contributed by atoms with Crippen LogP contribution < -0.4 is 5.32 Å². The van der Waals surface area contributed by atoms with E-state index in [1.165, 1.54) is 18.2 Å². The fraction of sp³-hybridized carbons (Fsp3) is 0.500. The van der Waals surface area contributed by atoms with E-state index in [4.69, 9.17) is 11.6 Å². The summed E-state index contributed by atoms with van der Waals surface area (Å²) in [5.74, 6) is 2.30. The lowest BCUT2D eigenvalue weighted by Crippen LogP contribution is -2.26. The average molecular weight is 287 g/mol. The van der Waals surface area contributed by atoms with Gasteiger partial charge in [-0.1, -0.05) is 11.6 Å². The SMILES string of the molecule is Cc1cc([N+](=O)[O-])c(Cl)cc1NC1CCCSC1. The van der Waals surface area contributed by atoms with Crippen LogP contribution in [0.1, 0.15) is 18.4 Å². The summed E-state index contributed by atoms with van der Waals surface area (Å²) in [6.07, 6.45) is 2.35. The van der Waals surface area contributed by atoms with Gasteiger partial charge in [0.05, 0.1) is 4.92 Å². The third-order valence-electron chi connectivity index (χ3n) is 3.01. The Labute approximate surface area is 115 Å². The van der Waals surface area contributed by atoms with Gasteiger partial charge in [0.2, 0.25) is 0 Å². The number of halogens is 1. The molecule has 0 aromatic heterocycles. The van der Waals surface area contributed by atoms with Crippen molar-refractivity contribution in [1.82, 2.24) is 0 Å². The number of thioether (sulfide) groups is 1. The number of nitrogens with zero attached hydrogens (tertiary/aromatic N) is 1. The van der Waals surface area contributed by atoms with Gasteiger partial charge in [-0.2, -0.15) is 11.8 Å². The fourth-order valence-corrected chi connectivity index (χ4v) is 3.34. The predicted molar refractivity (Wildman–Crippen MR) is 76.8 cm³/mol. The molecular formula is C12H15ClN2O2S. The number of nitro groups is 1. The second-order valence-corrected chi connectivity index (χ2v) is 5.99. The van der Waals surface area contributed by atoms with Crippen molar-refractivity contribution in [2.75, 3.05) is 16.8 Å². The molecule has 1 heterocycles. The minimum absolute atomic E-state index is 0.0299. The lowest BCUT2D eigenvalue weighted by Gasteiger charge is -2.24. The van der Waals surface area contributed by atoms with Gasteiger partial charge in [0.25, 0.3) is 5.69 Å². The molecule has 1 aromatic carbocycles. The van der Waals surface area contributed by atoms with E-state index in [1.54, 1.807) is 6.07 Å². The first kappa shape index (κ1) is 13.5. The number of nitro benzene ring substituents is 1. The number of rotatable bonds is 3. The van der Waals surface area contributed by atoms with Crippen molar-refractivity contribution in [3.05, 3.63) is 32.8 Å². The summed E-state index contributed by atoms with van der Waals surface area (Å²) in [6, 6.07) is 3.62. The smallest absolute Gasteiger partial charge is 0.288 e. The Hall–Kier alpha value is -0.940. The van der Waals surface area contributed by atoms with E-state index in [-0.39, 0.29) is 10.7 Å². The molecule has 4 nitrogen and oxygen atoms in total. The third kappa shape index (κ3) is 3.09. The Bertz CT molecular complexity index is 462. The van der Waals surface area contributed by atoms with Gasteiger partial charge in [0, 0.05) is 23.5 Å². The van der Waals surface area contributed by atoms with E-state index in [0.29, 0.717) is 6.04 Å². The van der Waals surface area contributed by atoms with Gasteiger partial charge < -0.3 is 5.32 Å². The first-order valence-electron chi connectivity index (χ1n) is 5.86. The van der Waals surface area contributed by atoms with E-state index in [1.807, 2.05) is 18.7 Å². The molecule has 1 aliphatic rings. The molecule has 1 atom stereocenters. The maximum Gasteiger partial charge on any atom is 0.288 e. The van der Waals surface area contributed by atoms with Crippen LogP contribution >= 0.6 is 23.4 Å². The highest BCUT2D eigenvalue weighted by atomic mass is 35.5. The minimum atomic E-state index is -0.449. The predicted octanol–water partition coefficient (Wildman–Crippen LogP) is 3.86. The molecule has 6 heteroatoms. The fourth-order valence-electron chi connectivity index (χ4n) is 2.04.